The van der Waals surface area contributed by atoms with E-state index in [1.165, 1.54) is 6.92 Å². The number of fused-ring (bicyclic) bond motifs is 1. The number of hydrogen-bond donors (Lipinski definition) is 1. The molecule has 35 heavy (non-hydrogen) atoms. The predicted molar refractivity (Wildman–Crippen MR) is 137 cm³/mol. The number of likely N-dealkylation sites (tertiary alicyclic amines) is 1. The van der Waals surface area contributed by atoms with E-state index < -0.39 is 11.0 Å². The second-order valence-corrected chi connectivity index (χ2v) is 10.8. The van der Waals surface area contributed by atoms with Gasteiger partial charge in [0.1, 0.15) is 11.4 Å². The van der Waals surface area contributed by atoms with E-state index in [0.29, 0.717) is 35.9 Å². The van der Waals surface area contributed by atoms with Crippen LogP contribution in [0.5, 0.6) is 5.75 Å². The molecule has 0 unspecified atom stereocenters. The average Bonchev–Trinajstić information content (AvgIpc) is 2.80. The number of halogens is 2. The van der Waals surface area contributed by atoms with Crippen molar-refractivity contribution in [3.63, 3.8) is 0 Å². The Morgan fingerprint density at radius 2 is 1.94 bits per heavy atom. The van der Waals surface area contributed by atoms with Crippen molar-refractivity contribution in [2.45, 2.75) is 56.1 Å². The van der Waals surface area contributed by atoms with E-state index in [4.69, 9.17) is 27.9 Å². The monoisotopic (exact) mass is 518 g/mol. The SMILES string of the molecule is CC(=O)O[C@]12CC[C@@H](N(C)C(=O)Cc3ccc(Cl)c(Cl)c3)C[C@]1(c1cccc(O)c1)CCN(C)C2. The quantitative estimate of drug-likeness (QED) is 0.574. The molecular weight excluding hydrogens is 487 g/mol. The van der Waals surface area contributed by atoms with Gasteiger partial charge in [0.2, 0.25) is 5.91 Å². The number of phenolic OH excluding ortho intramolecular Hbond substituents is 1. The maximum atomic E-state index is 13.3. The number of esters is 1. The summed E-state index contributed by atoms with van der Waals surface area (Å²) < 4.78 is 6.17. The minimum atomic E-state index is -0.732. The number of benzene rings is 2. The Hall–Kier alpha value is -2.28. The summed E-state index contributed by atoms with van der Waals surface area (Å²) in [6.45, 7) is 2.89. The third-order valence-corrected chi connectivity index (χ3v) is 8.54. The highest BCUT2D eigenvalue weighted by molar-refractivity contribution is 6.42. The van der Waals surface area contributed by atoms with Gasteiger partial charge in [0.05, 0.1) is 16.5 Å². The number of rotatable bonds is 5. The normalized spacial score (nSPS) is 26.6. The summed E-state index contributed by atoms with van der Waals surface area (Å²) in [6, 6.07) is 12.5. The summed E-state index contributed by atoms with van der Waals surface area (Å²) in [5.74, 6) is -0.140. The van der Waals surface area contributed by atoms with Gasteiger partial charge in [-0.1, -0.05) is 41.4 Å². The lowest BCUT2D eigenvalue weighted by Crippen LogP contribution is -2.68. The highest BCUT2D eigenvalue weighted by Gasteiger charge is 2.61. The van der Waals surface area contributed by atoms with Gasteiger partial charge in [0, 0.05) is 32.0 Å². The van der Waals surface area contributed by atoms with Crippen LogP contribution >= 0.6 is 23.2 Å². The molecule has 1 saturated carbocycles. The van der Waals surface area contributed by atoms with E-state index >= 15 is 0 Å². The molecule has 0 radical (unpaired) electrons. The van der Waals surface area contributed by atoms with Gasteiger partial charge >= 0.3 is 5.97 Å². The smallest absolute Gasteiger partial charge is 0.303 e. The summed E-state index contributed by atoms with van der Waals surface area (Å²) in [4.78, 5) is 29.6. The molecule has 6 nitrogen and oxygen atoms in total. The number of piperidine rings is 1. The lowest BCUT2D eigenvalue weighted by atomic mass is 9.55. The maximum Gasteiger partial charge on any atom is 0.303 e. The van der Waals surface area contributed by atoms with Gasteiger partial charge in [-0.2, -0.15) is 0 Å². The summed E-state index contributed by atoms with van der Waals surface area (Å²) in [6.07, 6.45) is 2.96. The summed E-state index contributed by atoms with van der Waals surface area (Å²) >= 11 is 12.2. The van der Waals surface area contributed by atoms with Crippen LogP contribution in [0.3, 0.4) is 0 Å². The summed E-state index contributed by atoms with van der Waals surface area (Å²) in [5.41, 5.74) is 0.500. The van der Waals surface area contributed by atoms with E-state index in [9.17, 15) is 14.7 Å². The van der Waals surface area contributed by atoms with Crippen molar-refractivity contribution in [1.82, 2.24) is 9.80 Å². The van der Waals surface area contributed by atoms with Crippen LogP contribution in [-0.2, 0) is 26.2 Å². The molecule has 2 aromatic rings. The molecule has 0 aromatic heterocycles. The molecule has 1 heterocycles. The van der Waals surface area contributed by atoms with Crippen LogP contribution < -0.4 is 0 Å². The van der Waals surface area contributed by atoms with E-state index in [2.05, 4.69) is 4.90 Å². The van der Waals surface area contributed by atoms with Crippen LogP contribution in [0.1, 0.15) is 43.7 Å². The largest absolute Gasteiger partial charge is 0.508 e. The van der Waals surface area contributed by atoms with E-state index in [-0.39, 0.29) is 30.1 Å². The van der Waals surface area contributed by atoms with Gasteiger partial charge in [0.25, 0.3) is 0 Å². The fourth-order valence-electron chi connectivity index (χ4n) is 6.05. The van der Waals surface area contributed by atoms with Crippen LogP contribution in [-0.4, -0.2) is 65.6 Å². The number of carbonyl (C=O) groups excluding carboxylic acids is 2. The average molecular weight is 519 g/mol. The van der Waals surface area contributed by atoms with Crippen LogP contribution in [0.15, 0.2) is 42.5 Å². The summed E-state index contributed by atoms with van der Waals surface area (Å²) in [5, 5.41) is 11.2. The van der Waals surface area contributed by atoms with Crippen LogP contribution in [0.4, 0.5) is 0 Å². The number of nitrogens with zero attached hydrogens (tertiary/aromatic N) is 2. The van der Waals surface area contributed by atoms with E-state index in [1.54, 1.807) is 24.3 Å². The minimum absolute atomic E-state index is 0.00707. The Kier molecular flexibility index (Phi) is 7.37. The third-order valence-electron chi connectivity index (χ3n) is 7.80. The van der Waals surface area contributed by atoms with E-state index in [1.807, 2.05) is 37.2 Å². The Morgan fingerprint density at radius 1 is 1.17 bits per heavy atom. The molecule has 1 amide bonds. The van der Waals surface area contributed by atoms with Gasteiger partial charge in [-0.15, -0.1) is 0 Å². The molecule has 2 fully saturated rings. The first-order chi connectivity index (χ1) is 16.5. The number of amides is 1. The Balaban J connectivity index is 1.66. The molecule has 2 aliphatic rings. The van der Waals surface area contributed by atoms with Gasteiger partial charge in [-0.05, 0) is 74.7 Å². The zero-order valence-corrected chi connectivity index (χ0v) is 21.9. The molecule has 1 aliphatic heterocycles. The van der Waals surface area contributed by atoms with Crippen LogP contribution in [0.25, 0.3) is 0 Å². The third kappa shape index (κ3) is 5.02. The number of likely N-dealkylation sites (N-methyl/N-ethyl adjacent to an activating group) is 2. The zero-order valence-electron chi connectivity index (χ0n) is 20.4. The first-order valence-corrected chi connectivity index (χ1v) is 12.7. The standard InChI is InChI=1S/C27H32Cl2N2O4/c1-18(32)35-27-10-9-21(31(3)25(34)14-19-7-8-23(28)24(29)13-19)16-26(27,11-12-30(2)17-27)20-5-4-6-22(33)15-20/h4-8,13,15,21,33H,9-12,14,16-17H2,1-3H3/t21-,26+,27+/m1/s1. The Bertz CT molecular complexity index is 1130. The molecule has 2 aromatic carbocycles. The molecule has 0 bridgehead atoms. The number of ether oxygens (including phenoxy) is 1. The van der Waals surface area contributed by atoms with Crippen LogP contribution in [0, 0.1) is 0 Å². The maximum absolute atomic E-state index is 13.3. The molecule has 1 N–H and O–H groups in total. The molecule has 1 saturated heterocycles. The predicted octanol–water partition coefficient (Wildman–Crippen LogP) is 4.83. The lowest BCUT2D eigenvalue weighted by Gasteiger charge is -2.59. The fraction of sp³-hybridized carbons (Fsp3) is 0.481. The Labute approximate surface area is 216 Å². The van der Waals surface area contributed by atoms with Crippen molar-refractivity contribution in [2.24, 2.45) is 0 Å². The van der Waals surface area contributed by atoms with Crippen molar-refractivity contribution < 1.29 is 19.4 Å². The first kappa shape index (κ1) is 25.8. The Morgan fingerprint density at radius 3 is 2.63 bits per heavy atom. The molecule has 3 atom stereocenters. The molecule has 4 rings (SSSR count). The fourth-order valence-corrected chi connectivity index (χ4v) is 6.38. The van der Waals surface area contributed by atoms with Crippen molar-refractivity contribution in [2.75, 3.05) is 27.2 Å². The van der Waals surface area contributed by atoms with Crippen molar-refractivity contribution >= 4 is 35.1 Å². The van der Waals surface area contributed by atoms with Crippen LogP contribution in [0.2, 0.25) is 10.0 Å². The molecular formula is C27H32Cl2N2O4. The first-order valence-electron chi connectivity index (χ1n) is 11.9. The molecule has 188 valence electrons. The lowest BCUT2D eigenvalue weighted by molar-refractivity contribution is -0.188. The minimum Gasteiger partial charge on any atom is -0.508 e. The molecule has 8 heteroatoms. The highest BCUT2D eigenvalue weighted by atomic mass is 35.5. The zero-order chi connectivity index (χ0) is 25.4. The second-order valence-electron chi connectivity index (χ2n) is 10.0. The van der Waals surface area contributed by atoms with Gasteiger partial charge in [-0.25, -0.2) is 0 Å². The van der Waals surface area contributed by atoms with Gasteiger partial charge in [0.15, 0.2) is 0 Å². The molecule has 1 aliphatic carbocycles. The molecule has 0 spiro atoms. The summed E-state index contributed by atoms with van der Waals surface area (Å²) in [7, 11) is 3.88. The topological polar surface area (TPSA) is 70.1 Å². The number of carbonyl (C=O) groups is 2. The second kappa shape index (κ2) is 10.00. The highest BCUT2D eigenvalue weighted by Crippen LogP contribution is 2.54. The van der Waals surface area contributed by atoms with E-state index in [0.717, 1.165) is 24.1 Å². The number of phenols is 1. The van der Waals surface area contributed by atoms with Gasteiger partial charge < -0.3 is 19.6 Å². The van der Waals surface area contributed by atoms with Crippen molar-refractivity contribution in [3.8, 4) is 5.75 Å². The number of hydrogen-bond acceptors (Lipinski definition) is 5. The number of aromatic hydroxyl groups is 1. The van der Waals surface area contributed by atoms with Crippen molar-refractivity contribution in [1.29, 1.82) is 0 Å². The van der Waals surface area contributed by atoms with Crippen molar-refractivity contribution in [3.05, 3.63) is 63.6 Å². The van der Waals surface area contributed by atoms with Gasteiger partial charge in [-0.3, -0.25) is 9.59 Å².